The average molecular weight is 330 g/mol. The predicted octanol–water partition coefficient (Wildman–Crippen LogP) is 4.47. The monoisotopic (exact) mass is 330 g/mol. The molecule has 0 aliphatic carbocycles. The van der Waals surface area contributed by atoms with Gasteiger partial charge in [0, 0.05) is 6.42 Å². The van der Waals surface area contributed by atoms with Crippen molar-refractivity contribution in [1.29, 1.82) is 0 Å². The van der Waals surface area contributed by atoms with Crippen LogP contribution < -0.4 is 0 Å². The molecule has 0 spiro atoms. The predicted molar refractivity (Wildman–Crippen MR) is 94.7 cm³/mol. The highest BCUT2D eigenvalue weighted by Crippen LogP contribution is 2.29. The summed E-state index contributed by atoms with van der Waals surface area (Å²) in [5, 5.41) is 10.6. The topological polar surface area (TPSA) is 49.8 Å². The second kappa shape index (κ2) is 9.07. The maximum atomic E-state index is 12.5. The SMILES string of the molecule is CCCC[C@@]1(O)[CH][CH][CH]N(C(=O)O[C@@H](CCC)c2ccccc2)C1. The third-order valence-corrected chi connectivity index (χ3v) is 4.28. The fourth-order valence-electron chi connectivity index (χ4n) is 2.91. The van der Waals surface area contributed by atoms with Gasteiger partial charge in [-0.05, 0) is 24.8 Å². The van der Waals surface area contributed by atoms with Crippen LogP contribution in [0.5, 0.6) is 0 Å². The number of amides is 1. The van der Waals surface area contributed by atoms with Gasteiger partial charge in [-0.1, -0.05) is 63.4 Å². The second-order valence-corrected chi connectivity index (χ2v) is 6.41. The Morgan fingerprint density at radius 3 is 2.71 bits per heavy atom. The highest BCUT2D eigenvalue weighted by atomic mass is 16.6. The molecule has 1 aromatic rings. The van der Waals surface area contributed by atoms with Gasteiger partial charge in [0.05, 0.1) is 18.7 Å². The highest BCUT2D eigenvalue weighted by molar-refractivity contribution is 5.69. The van der Waals surface area contributed by atoms with E-state index in [-0.39, 0.29) is 12.6 Å². The third kappa shape index (κ3) is 5.23. The van der Waals surface area contributed by atoms with Crippen molar-refractivity contribution in [2.45, 2.75) is 57.7 Å². The van der Waals surface area contributed by atoms with E-state index < -0.39 is 11.7 Å². The summed E-state index contributed by atoms with van der Waals surface area (Å²) in [4.78, 5) is 14.0. The van der Waals surface area contributed by atoms with Crippen LogP contribution in [0.1, 0.15) is 57.6 Å². The number of hydrogen-bond donors (Lipinski definition) is 1. The Kier molecular flexibility index (Phi) is 7.10. The Hall–Kier alpha value is -1.55. The van der Waals surface area contributed by atoms with E-state index in [1.807, 2.05) is 30.3 Å². The van der Waals surface area contributed by atoms with Crippen LogP contribution in [0.25, 0.3) is 0 Å². The van der Waals surface area contributed by atoms with Crippen LogP contribution in [0.2, 0.25) is 0 Å². The van der Waals surface area contributed by atoms with E-state index in [4.69, 9.17) is 4.74 Å². The molecule has 1 aliphatic heterocycles. The maximum absolute atomic E-state index is 12.5. The lowest BCUT2D eigenvalue weighted by atomic mass is 9.88. The molecule has 0 aromatic heterocycles. The maximum Gasteiger partial charge on any atom is 0.410 e. The normalized spacial score (nSPS) is 22.2. The first-order chi connectivity index (χ1) is 11.6. The minimum atomic E-state index is -0.962. The standard InChI is InChI=1S/C20H28NO3/c1-3-5-13-20(23)14-9-15-21(16-20)19(22)24-18(10-4-2)17-11-7-6-8-12-17/h6-9,11-12,14-15,18,23H,3-5,10,13,16H2,1-2H3/t18-,20+/m0/s1. The molecule has 1 aromatic carbocycles. The molecule has 2 rings (SSSR count). The van der Waals surface area contributed by atoms with Crippen molar-refractivity contribution < 1.29 is 14.6 Å². The van der Waals surface area contributed by atoms with E-state index in [1.54, 1.807) is 19.4 Å². The molecular formula is C20H28NO3. The number of piperidine rings is 1. The summed E-state index contributed by atoms with van der Waals surface area (Å²) in [6.07, 6.45) is 7.13. The summed E-state index contributed by atoms with van der Waals surface area (Å²) in [5.41, 5.74) is 0.0399. The van der Waals surface area contributed by atoms with Crippen LogP contribution in [0.15, 0.2) is 30.3 Å². The number of nitrogens with zero attached hydrogens (tertiary/aromatic N) is 1. The van der Waals surface area contributed by atoms with Gasteiger partial charge in [-0.15, -0.1) is 0 Å². The largest absolute Gasteiger partial charge is 0.441 e. The molecule has 0 saturated carbocycles. The van der Waals surface area contributed by atoms with E-state index in [1.165, 1.54) is 4.90 Å². The fourth-order valence-corrected chi connectivity index (χ4v) is 2.91. The van der Waals surface area contributed by atoms with Crippen LogP contribution >= 0.6 is 0 Å². The zero-order chi connectivity index (χ0) is 17.4. The first-order valence-electron chi connectivity index (χ1n) is 8.85. The van der Waals surface area contributed by atoms with Crippen LogP contribution in [-0.2, 0) is 4.74 Å². The van der Waals surface area contributed by atoms with Crippen LogP contribution in [0.3, 0.4) is 0 Å². The molecule has 0 bridgehead atoms. The lowest BCUT2D eigenvalue weighted by Crippen LogP contribution is -2.49. The van der Waals surface area contributed by atoms with E-state index in [0.717, 1.165) is 31.2 Å². The Balaban J connectivity index is 1.99. The van der Waals surface area contributed by atoms with Crippen LogP contribution in [0.4, 0.5) is 4.79 Å². The van der Waals surface area contributed by atoms with Crippen molar-refractivity contribution in [1.82, 2.24) is 4.90 Å². The molecular weight excluding hydrogens is 302 g/mol. The Labute approximate surface area is 145 Å². The number of benzene rings is 1. The summed E-state index contributed by atoms with van der Waals surface area (Å²) in [7, 11) is 0. The molecule has 0 unspecified atom stereocenters. The molecule has 1 amide bonds. The molecule has 1 N–H and O–H groups in total. The number of rotatable bonds is 7. The van der Waals surface area contributed by atoms with Crippen molar-refractivity contribution in [3.63, 3.8) is 0 Å². The number of likely N-dealkylation sites (tertiary alicyclic amines) is 1. The third-order valence-electron chi connectivity index (χ3n) is 4.28. The molecule has 3 radical (unpaired) electrons. The van der Waals surface area contributed by atoms with Crippen molar-refractivity contribution in [2.75, 3.05) is 6.54 Å². The Morgan fingerprint density at radius 1 is 1.29 bits per heavy atom. The Bertz CT molecular complexity index is 505. The fraction of sp³-hybridized carbons (Fsp3) is 0.500. The van der Waals surface area contributed by atoms with Gasteiger partial charge in [0.15, 0.2) is 0 Å². The lowest BCUT2D eigenvalue weighted by Gasteiger charge is -2.38. The van der Waals surface area contributed by atoms with Crippen molar-refractivity contribution in [3.05, 3.63) is 55.3 Å². The van der Waals surface area contributed by atoms with Crippen molar-refractivity contribution in [3.8, 4) is 0 Å². The van der Waals surface area contributed by atoms with E-state index in [9.17, 15) is 9.90 Å². The first kappa shape index (κ1) is 18.8. The number of hydrogen-bond acceptors (Lipinski definition) is 3. The van der Waals surface area contributed by atoms with Crippen LogP contribution in [-0.4, -0.2) is 28.2 Å². The van der Waals surface area contributed by atoms with E-state index in [2.05, 4.69) is 13.8 Å². The van der Waals surface area contributed by atoms with Crippen LogP contribution in [0, 0.1) is 19.4 Å². The quantitative estimate of drug-likeness (QED) is 0.802. The first-order valence-corrected chi connectivity index (χ1v) is 8.85. The smallest absolute Gasteiger partial charge is 0.410 e. The van der Waals surface area contributed by atoms with Gasteiger partial charge in [-0.25, -0.2) is 4.79 Å². The molecule has 2 atom stereocenters. The number of aliphatic hydroxyl groups is 1. The zero-order valence-corrected chi connectivity index (χ0v) is 14.6. The molecule has 4 nitrogen and oxygen atoms in total. The van der Waals surface area contributed by atoms with Gasteiger partial charge in [-0.3, -0.25) is 4.90 Å². The molecule has 1 saturated heterocycles. The van der Waals surface area contributed by atoms with Gasteiger partial charge in [0.1, 0.15) is 6.10 Å². The summed E-state index contributed by atoms with van der Waals surface area (Å²) in [6, 6.07) is 9.80. The van der Waals surface area contributed by atoms with Gasteiger partial charge in [0.2, 0.25) is 0 Å². The van der Waals surface area contributed by atoms with Gasteiger partial charge < -0.3 is 9.84 Å². The van der Waals surface area contributed by atoms with Gasteiger partial charge in [0.25, 0.3) is 0 Å². The number of β-amino-alcohol motifs (C(OH)–C–C–N with tert-alkyl or cyclic N) is 1. The zero-order valence-electron chi connectivity index (χ0n) is 14.6. The average Bonchev–Trinajstić information content (AvgIpc) is 2.60. The van der Waals surface area contributed by atoms with Crippen molar-refractivity contribution in [2.24, 2.45) is 0 Å². The number of unbranched alkanes of at least 4 members (excludes halogenated alkanes) is 1. The molecule has 4 heteroatoms. The number of ether oxygens (including phenoxy) is 1. The second-order valence-electron chi connectivity index (χ2n) is 6.41. The van der Waals surface area contributed by atoms with Gasteiger partial charge in [-0.2, -0.15) is 0 Å². The molecule has 1 aliphatic rings. The highest BCUT2D eigenvalue weighted by Gasteiger charge is 2.36. The number of carbonyl (C=O) groups is 1. The van der Waals surface area contributed by atoms with E-state index >= 15 is 0 Å². The number of carbonyl (C=O) groups excluding carboxylic acids is 1. The minimum absolute atomic E-state index is 0.246. The molecule has 1 fully saturated rings. The van der Waals surface area contributed by atoms with Gasteiger partial charge >= 0.3 is 6.09 Å². The summed E-state index contributed by atoms with van der Waals surface area (Å²) < 4.78 is 5.72. The lowest BCUT2D eigenvalue weighted by molar-refractivity contribution is 0.00679. The Morgan fingerprint density at radius 2 is 2.04 bits per heavy atom. The molecule has 131 valence electrons. The summed E-state index contributed by atoms with van der Waals surface area (Å²) in [5.74, 6) is 0. The molecule has 24 heavy (non-hydrogen) atoms. The van der Waals surface area contributed by atoms with Crippen molar-refractivity contribution >= 4 is 6.09 Å². The summed E-state index contributed by atoms with van der Waals surface area (Å²) in [6.45, 7) is 6.08. The summed E-state index contributed by atoms with van der Waals surface area (Å²) >= 11 is 0. The van der Waals surface area contributed by atoms with E-state index in [0.29, 0.717) is 6.42 Å². The minimum Gasteiger partial charge on any atom is -0.441 e. The molecule has 1 heterocycles.